The van der Waals surface area contributed by atoms with Crippen molar-refractivity contribution in [2.75, 3.05) is 12.5 Å². The van der Waals surface area contributed by atoms with Gasteiger partial charge >= 0.3 is 5.69 Å². The molecule has 9 heteroatoms. The standard InChI is InChI=1S/C22H19N5O4/c1-30-20-12-16(13-23-26-22-24-17-9-5-6-10-18(17)25-22)11-19(27(28)29)21(20)31-14-15-7-3-2-4-8-15/h2-13H,14H2,1H3,(H2,24,25,26)/b23-13-. The van der Waals surface area contributed by atoms with Gasteiger partial charge in [0.25, 0.3) is 0 Å². The molecule has 4 rings (SSSR count). The van der Waals surface area contributed by atoms with E-state index in [1.54, 1.807) is 6.07 Å². The maximum Gasteiger partial charge on any atom is 0.315 e. The smallest absolute Gasteiger partial charge is 0.315 e. The van der Waals surface area contributed by atoms with Gasteiger partial charge in [-0.3, -0.25) is 10.1 Å². The van der Waals surface area contributed by atoms with Crippen molar-refractivity contribution in [2.45, 2.75) is 6.61 Å². The summed E-state index contributed by atoms with van der Waals surface area (Å²) in [6.07, 6.45) is 1.45. The lowest BCUT2D eigenvalue weighted by molar-refractivity contribution is -0.386. The lowest BCUT2D eigenvalue weighted by Crippen LogP contribution is -2.03. The minimum Gasteiger partial charge on any atom is -0.493 e. The molecular weight excluding hydrogens is 398 g/mol. The summed E-state index contributed by atoms with van der Waals surface area (Å²) >= 11 is 0. The fourth-order valence-corrected chi connectivity index (χ4v) is 3.02. The fraction of sp³-hybridized carbons (Fsp3) is 0.0909. The zero-order valence-electron chi connectivity index (χ0n) is 16.6. The van der Waals surface area contributed by atoms with Crippen molar-refractivity contribution < 1.29 is 14.4 Å². The van der Waals surface area contributed by atoms with Gasteiger partial charge in [-0.2, -0.15) is 5.10 Å². The van der Waals surface area contributed by atoms with Gasteiger partial charge in [0, 0.05) is 11.6 Å². The second-order valence-electron chi connectivity index (χ2n) is 6.58. The van der Waals surface area contributed by atoms with E-state index in [9.17, 15) is 10.1 Å². The molecule has 0 aliphatic heterocycles. The van der Waals surface area contributed by atoms with Crippen LogP contribution in [0.4, 0.5) is 11.6 Å². The molecule has 3 aromatic carbocycles. The number of aromatic amines is 1. The van der Waals surface area contributed by atoms with Crippen molar-refractivity contribution in [3.63, 3.8) is 0 Å². The number of nitrogens with zero attached hydrogens (tertiary/aromatic N) is 3. The van der Waals surface area contributed by atoms with E-state index in [0.29, 0.717) is 11.5 Å². The first-order valence-corrected chi connectivity index (χ1v) is 9.41. The number of H-pyrrole nitrogens is 1. The fourth-order valence-electron chi connectivity index (χ4n) is 3.02. The Hall–Kier alpha value is -4.40. The summed E-state index contributed by atoms with van der Waals surface area (Å²) in [6.45, 7) is 0.180. The highest BCUT2D eigenvalue weighted by atomic mass is 16.6. The van der Waals surface area contributed by atoms with E-state index in [1.807, 2.05) is 54.6 Å². The molecule has 156 valence electrons. The SMILES string of the molecule is COc1cc(/C=N\Nc2nc3ccccc3[nH]2)cc([N+](=O)[O-])c1OCc1ccccc1. The average molecular weight is 417 g/mol. The van der Waals surface area contributed by atoms with Gasteiger partial charge in [-0.05, 0) is 23.8 Å². The molecule has 0 saturated heterocycles. The molecule has 0 aliphatic rings. The largest absolute Gasteiger partial charge is 0.493 e. The molecule has 31 heavy (non-hydrogen) atoms. The molecule has 1 heterocycles. The zero-order valence-corrected chi connectivity index (χ0v) is 16.6. The van der Waals surface area contributed by atoms with E-state index in [0.717, 1.165) is 16.6 Å². The van der Waals surface area contributed by atoms with Crippen LogP contribution in [-0.4, -0.2) is 28.2 Å². The molecule has 0 saturated carbocycles. The summed E-state index contributed by atoms with van der Waals surface area (Å²) in [4.78, 5) is 18.6. The maximum absolute atomic E-state index is 11.6. The van der Waals surface area contributed by atoms with E-state index in [1.165, 1.54) is 19.4 Å². The number of hydrogen-bond donors (Lipinski definition) is 2. The third kappa shape index (κ3) is 4.61. The van der Waals surface area contributed by atoms with E-state index >= 15 is 0 Å². The number of hydrazone groups is 1. The first-order valence-electron chi connectivity index (χ1n) is 9.41. The zero-order chi connectivity index (χ0) is 21.6. The molecule has 2 N–H and O–H groups in total. The van der Waals surface area contributed by atoms with Gasteiger partial charge in [0.2, 0.25) is 11.7 Å². The summed E-state index contributed by atoms with van der Waals surface area (Å²) < 4.78 is 11.1. The monoisotopic (exact) mass is 417 g/mol. The third-order valence-electron chi connectivity index (χ3n) is 4.47. The highest BCUT2D eigenvalue weighted by molar-refractivity contribution is 5.84. The van der Waals surface area contributed by atoms with E-state index in [2.05, 4.69) is 20.5 Å². The molecular formula is C22H19N5O4. The minimum atomic E-state index is -0.507. The first-order chi connectivity index (χ1) is 15.1. The Kier molecular flexibility index (Phi) is 5.75. The topological polar surface area (TPSA) is 115 Å². The normalized spacial score (nSPS) is 11.0. The van der Waals surface area contributed by atoms with Crippen molar-refractivity contribution in [1.82, 2.24) is 9.97 Å². The lowest BCUT2D eigenvalue weighted by atomic mass is 10.1. The Balaban J connectivity index is 1.55. The summed E-state index contributed by atoms with van der Waals surface area (Å²) in [5, 5.41) is 15.8. The van der Waals surface area contributed by atoms with Crippen LogP contribution >= 0.6 is 0 Å². The highest BCUT2D eigenvalue weighted by Gasteiger charge is 2.22. The first kappa shape index (κ1) is 19.9. The van der Waals surface area contributed by atoms with Gasteiger partial charge in [0.15, 0.2) is 5.75 Å². The Morgan fingerprint density at radius 3 is 2.68 bits per heavy atom. The second-order valence-corrected chi connectivity index (χ2v) is 6.58. The van der Waals surface area contributed by atoms with Crippen LogP contribution in [0, 0.1) is 10.1 Å². The molecule has 4 aromatic rings. The maximum atomic E-state index is 11.6. The van der Waals surface area contributed by atoms with Gasteiger partial charge in [-0.25, -0.2) is 10.4 Å². The molecule has 0 fully saturated rings. The van der Waals surface area contributed by atoms with Crippen molar-refractivity contribution in [2.24, 2.45) is 5.10 Å². The van der Waals surface area contributed by atoms with Gasteiger partial charge in [0.1, 0.15) is 6.61 Å². The average Bonchev–Trinajstić information content (AvgIpc) is 3.21. The molecule has 0 unspecified atom stereocenters. The van der Waals surface area contributed by atoms with Crippen LogP contribution in [0.1, 0.15) is 11.1 Å². The number of imidazole rings is 1. The number of nitro groups is 1. The molecule has 1 aromatic heterocycles. The van der Waals surface area contributed by atoms with Crippen LogP contribution < -0.4 is 14.9 Å². The van der Waals surface area contributed by atoms with Crippen molar-refractivity contribution >= 4 is 28.9 Å². The van der Waals surface area contributed by atoms with Crippen molar-refractivity contribution in [1.29, 1.82) is 0 Å². The number of benzene rings is 3. The number of methoxy groups -OCH3 is 1. The van der Waals surface area contributed by atoms with Crippen molar-refractivity contribution in [3.05, 3.63) is 88.0 Å². The van der Waals surface area contributed by atoms with Crippen LogP contribution in [0.3, 0.4) is 0 Å². The van der Waals surface area contributed by atoms with E-state index in [4.69, 9.17) is 9.47 Å². The summed E-state index contributed by atoms with van der Waals surface area (Å²) in [7, 11) is 1.43. The van der Waals surface area contributed by atoms with Crippen LogP contribution in [0.25, 0.3) is 11.0 Å². The Labute approximate surface area is 177 Å². The summed E-state index contributed by atoms with van der Waals surface area (Å²) in [5.41, 5.74) is 5.62. The highest BCUT2D eigenvalue weighted by Crippen LogP contribution is 2.38. The van der Waals surface area contributed by atoms with Crippen LogP contribution in [0.5, 0.6) is 11.5 Å². The number of nitrogens with one attached hydrogen (secondary N) is 2. The number of anilines is 1. The van der Waals surface area contributed by atoms with Crippen molar-refractivity contribution in [3.8, 4) is 11.5 Å². The Morgan fingerprint density at radius 2 is 1.94 bits per heavy atom. The number of para-hydroxylation sites is 2. The lowest BCUT2D eigenvalue weighted by Gasteiger charge is -2.12. The van der Waals surface area contributed by atoms with Crippen LogP contribution in [-0.2, 0) is 6.61 Å². The van der Waals surface area contributed by atoms with Crippen LogP contribution in [0.2, 0.25) is 0 Å². The van der Waals surface area contributed by atoms with Crippen LogP contribution in [0.15, 0.2) is 71.8 Å². The van der Waals surface area contributed by atoms with E-state index < -0.39 is 4.92 Å². The molecule has 0 bridgehead atoms. The molecule has 0 amide bonds. The predicted octanol–water partition coefficient (Wildman–Crippen LogP) is 4.50. The van der Waals surface area contributed by atoms with Gasteiger partial charge in [0.05, 0.1) is 29.3 Å². The second kappa shape index (κ2) is 8.95. The summed E-state index contributed by atoms with van der Waals surface area (Å²) in [6, 6.07) is 20.0. The molecule has 0 aliphatic carbocycles. The number of hydrogen-bond acceptors (Lipinski definition) is 7. The quantitative estimate of drug-likeness (QED) is 0.248. The van der Waals surface area contributed by atoms with Gasteiger partial charge in [-0.1, -0.05) is 42.5 Å². The number of rotatable bonds is 8. The Bertz CT molecular complexity index is 1200. The molecule has 0 spiro atoms. The number of aromatic nitrogens is 2. The van der Waals surface area contributed by atoms with Gasteiger partial charge < -0.3 is 14.5 Å². The van der Waals surface area contributed by atoms with E-state index in [-0.39, 0.29) is 23.8 Å². The predicted molar refractivity (Wildman–Crippen MR) is 118 cm³/mol. The molecule has 9 nitrogen and oxygen atoms in total. The minimum absolute atomic E-state index is 0.0683. The summed E-state index contributed by atoms with van der Waals surface area (Å²) in [5.74, 6) is 0.774. The molecule has 0 radical (unpaired) electrons. The number of fused-ring (bicyclic) bond motifs is 1. The van der Waals surface area contributed by atoms with Gasteiger partial charge in [-0.15, -0.1) is 0 Å². The number of nitro benzene ring substituents is 1. The third-order valence-corrected chi connectivity index (χ3v) is 4.47. The molecule has 0 atom stereocenters. The Morgan fingerprint density at radius 1 is 1.16 bits per heavy atom. The number of ether oxygens (including phenoxy) is 2.